The van der Waals surface area contributed by atoms with E-state index in [4.69, 9.17) is 0 Å². The van der Waals surface area contributed by atoms with Crippen LogP contribution < -0.4 is 10.7 Å². The quantitative estimate of drug-likeness (QED) is 0.419. The number of aromatic hydroxyl groups is 1. The number of rotatable bonds is 6. The van der Waals surface area contributed by atoms with Crippen molar-refractivity contribution >= 4 is 17.8 Å². The Kier molecular flexibility index (Phi) is 6.04. The van der Waals surface area contributed by atoms with Gasteiger partial charge in [0.25, 0.3) is 11.6 Å². The minimum Gasteiger partial charge on any atom is -0.507 e. The first-order chi connectivity index (χ1) is 11.1. The van der Waals surface area contributed by atoms with Crippen LogP contribution in [0.25, 0.3) is 0 Å². The summed E-state index contributed by atoms with van der Waals surface area (Å²) in [6.45, 7) is 0.170. The van der Waals surface area contributed by atoms with Crippen LogP contribution in [0, 0.1) is 10.1 Å². The van der Waals surface area contributed by atoms with Crippen molar-refractivity contribution in [3.05, 3.63) is 33.9 Å². The van der Waals surface area contributed by atoms with Gasteiger partial charge in [0.1, 0.15) is 5.75 Å². The number of non-ortho nitro benzene ring substituents is 1. The van der Waals surface area contributed by atoms with Gasteiger partial charge < -0.3 is 10.4 Å². The summed E-state index contributed by atoms with van der Waals surface area (Å²) in [7, 11) is 0. The Hall–Kier alpha value is -2.48. The molecule has 0 aromatic heterocycles. The number of phenolic OH excluding ortho intramolecular Hbond substituents is 1. The molecule has 0 radical (unpaired) electrons. The van der Waals surface area contributed by atoms with Gasteiger partial charge in [0.05, 0.1) is 17.7 Å². The predicted molar refractivity (Wildman–Crippen MR) is 85.4 cm³/mol. The van der Waals surface area contributed by atoms with Crippen molar-refractivity contribution in [1.82, 2.24) is 10.7 Å². The fourth-order valence-electron chi connectivity index (χ4n) is 2.52. The second-order valence-electron chi connectivity index (χ2n) is 5.51. The van der Waals surface area contributed by atoms with Crippen molar-refractivity contribution in [2.75, 3.05) is 6.54 Å². The van der Waals surface area contributed by atoms with E-state index in [1.54, 1.807) is 0 Å². The molecule has 0 aliphatic heterocycles. The van der Waals surface area contributed by atoms with E-state index in [1.807, 2.05) is 0 Å². The molecule has 1 saturated carbocycles. The maximum absolute atomic E-state index is 11.7. The Morgan fingerprint density at radius 3 is 2.83 bits per heavy atom. The molecule has 0 heterocycles. The number of hydrogen-bond acceptors (Lipinski definition) is 6. The summed E-state index contributed by atoms with van der Waals surface area (Å²) in [6.07, 6.45) is 6.96. The zero-order valence-corrected chi connectivity index (χ0v) is 12.7. The van der Waals surface area contributed by atoms with Gasteiger partial charge in [-0.2, -0.15) is 5.10 Å². The number of hydrazone groups is 1. The lowest BCUT2D eigenvalue weighted by Gasteiger charge is -2.22. The number of carbonyl (C=O) groups is 1. The van der Waals surface area contributed by atoms with Crippen LogP contribution in [0.1, 0.15) is 37.7 Å². The Morgan fingerprint density at radius 1 is 1.39 bits per heavy atom. The third-order valence-electron chi connectivity index (χ3n) is 3.77. The molecule has 0 unspecified atom stereocenters. The molecule has 3 N–H and O–H groups in total. The van der Waals surface area contributed by atoms with Crippen LogP contribution in [0.5, 0.6) is 5.75 Å². The highest BCUT2D eigenvalue weighted by Crippen LogP contribution is 2.21. The molecule has 0 bridgehead atoms. The van der Waals surface area contributed by atoms with Crippen molar-refractivity contribution in [3.63, 3.8) is 0 Å². The van der Waals surface area contributed by atoms with E-state index >= 15 is 0 Å². The second kappa shape index (κ2) is 8.23. The van der Waals surface area contributed by atoms with E-state index in [0.717, 1.165) is 12.8 Å². The summed E-state index contributed by atoms with van der Waals surface area (Å²) in [5, 5.41) is 27.2. The zero-order valence-electron chi connectivity index (χ0n) is 12.7. The molecule has 1 aromatic carbocycles. The predicted octanol–water partition coefficient (Wildman–Crippen LogP) is 1.67. The molecule has 1 fully saturated rings. The molecular formula is C15H20N4O4. The summed E-state index contributed by atoms with van der Waals surface area (Å²) in [5.41, 5.74) is 2.34. The van der Waals surface area contributed by atoms with E-state index in [2.05, 4.69) is 15.8 Å². The van der Waals surface area contributed by atoms with Gasteiger partial charge in [-0.3, -0.25) is 14.9 Å². The fourth-order valence-corrected chi connectivity index (χ4v) is 2.52. The normalized spacial score (nSPS) is 15.7. The van der Waals surface area contributed by atoms with Gasteiger partial charge in [-0.1, -0.05) is 19.3 Å². The maximum Gasteiger partial charge on any atom is 0.270 e. The number of carbonyl (C=O) groups excluding carboxylic acids is 1. The van der Waals surface area contributed by atoms with Crippen LogP contribution in [-0.2, 0) is 4.79 Å². The topological polar surface area (TPSA) is 117 Å². The van der Waals surface area contributed by atoms with Crippen LogP contribution >= 0.6 is 0 Å². The minimum atomic E-state index is -0.566. The van der Waals surface area contributed by atoms with Gasteiger partial charge in [0.15, 0.2) is 0 Å². The first-order valence-electron chi connectivity index (χ1n) is 7.59. The van der Waals surface area contributed by atoms with Crippen LogP contribution in [0.4, 0.5) is 5.69 Å². The van der Waals surface area contributed by atoms with Crippen LogP contribution in [0.2, 0.25) is 0 Å². The molecule has 0 atom stereocenters. The van der Waals surface area contributed by atoms with E-state index in [-0.39, 0.29) is 29.5 Å². The Bertz CT molecular complexity index is 597. The SMILES string of the molecule is O=C(CNC1CCCCC1)N/N=C\c1cc([N+](=O)[O-])ccc1O. The smallest absolute Gasteiger partial charge is 0.270 e. The largest absolute Gasteiger partial charge is 0.507 e. The number of nitro benzene ring substituents is 1. The van der Waals surface area contributed by atoms with E-state index in [9.17, 15) is 20.0 Å². The first-order valence-corrected chi connectivity index (χ1v) is 7.59. The number of nitro groups is 1. The molecule has 1 aliphatic carbocycles. The number of nitrogens with one attached hydrogen (secondary N) is 2. The molecular weight excluding hydrogens is 300 g/mol. The maximum atomic E-state index is 11.7. The summed E-state index contributed by atoms with van der Waals surface area (Å²) in [4.78, 5) is 21.8. The molecule has 124 valence electrons. The molecule has 2 rings (SSSR count). The lowest BCUT2D eigenvalue weighted by atomic mass is 9.95. The van der Waals surface area contributed by atoms with Crippen molar-refractivity contribution in [2.45, 2.75) is 38.1 Å². The fraction of sp³-hybridized carbons (Fsp3) is 0.467. The van der Waals surface area contributed by atoms with Crippen molar-refractivity contribution < 1.29 is 14.8 Å². The van der Waals surface area contributed by atoms with Crippen molar-refractivity contribution in [3.8, 4) is 5.75 Å². The number of amides is 1. The highest BCUT2D eigenvalue weighted by molar-refractivity contribution is 5.86. The van der Waals surface area contributed by atoms with Gasteiger partial charge in [0.2, 0.25) is 0 Å². The third kappa shape index (κ3) is 5.33. The van der Waals surface area contributed by atoms with Gasteiger partial charge in [-0.15, -0.1) is 0 Å². The van der Waals surface area contributed by atoms with Gasteiger partial charge >= 0.3 is 0 Å². The van der Waals surface area contributed by atoms with Gasteiger partial charge in [0, 0.05) is 23.7 Å². The highest BCUT2D eigenvalue weighted by atomic mass is 16.6. The van der Waals surface area contributed by atoms with Crippen molar-refractivity contribution in [1.29, 1.82) is 0 Å². The summed E-state index contributed by atoms with van der Waals surface area (Å²) in [5.74, 6) is -0.439. The highest BCUT2D eigenvalue weighted by Gasteiger charge is 2.13. The monoisotopic (exact) mass is 320 g/mol. The molecule has 1 amide bonds. The summed E-state index contributed by atoms with van der Waals surface area (Å²) < 4.78 is 0. The Balaban J connectivity index is 1.82. The molecule has 0 spiro atoms. The third-order valence-corrected chi connectivity index (χ3v) is 3.77. The van der Waals surface area contributed by atoms with Gasteiger partial charge in [-0.05, 0) is 18.9 Å². The number of phenols is 1. The molecule has 1 aliphatic rings. The average Bonchev–Trinajstić information content (AvgIpc) is 2.55. The molecule has 8 nitrogen and oxygen atoms in total. The van der Waals surface area contributed by atoms with Crippen LogP contribution in [0.3, 0.4) is 0 Å². The Labute approximate surface area is 133 Å². The number of benzene rings is 1. The molecule has 8 heteroatoms. The summed E-state index contributed by atoms with van der Waals surface area (Å²) in [6, 6.07) is 3.97. The first kappa shape index (κ1) is 16.9. The van der Waals surface area contributed by atoms with Crippen molar-refractivity contribution in [2.24, 2.45) is 5.10 Å². The second-order valence-corrected chi connectivity index (χ2v) is 5.51. The molecule has 1 aromatic rings. The lowest BCUT2D eigenvalue weighted by Crippen LogP contribution is -2.38. The van der Waals surface area contributed by atoms with E-state index in [0.29, 0.717) is 6.04 Å². The van der Waals surface area contributed by atoms with E-state index in [1.165, 1.54) is 43.7 Å². The van der Waals surface area contributed by atoms with E-state index < -0.39 is 4.92 Å². The number of nitrogens with zero attached hydrogens (tertiary/aromatic N) is 2. The summed E-state index contributed by atoms with van der Waals surface area (Å²) >= 11 is 0. The van der Waals surface area contributed by atoms with Gasteiger partial charge in [-0.25, -0.2) is 5.43 Å². The Morgan fingerprint density at radius 2 is 2.13 bits per heavy atom. The minimum absolute atomic E-state index is 0.145. The average molecular weight is 320 g/mol. The number of hydrogen-bond donors (Lipinski definition) is 3. The van der Waals surface area contributed by atoms with Crippen LogP contribution in [-0.4, -0.2) is 34.7 Å². The van der Waals surface area contributed by atoms with Crippen LogP contribution in [0.15, 0.2) is 23.3 Å². The molecule has 23 heavy (non-hydrogen) atoms. The lowest BCUT2D eigenvalue weighted by molar-refractivity contribution is -0.384. The molecule has 0 saturated heterocycles. The zero-order chi connectivity index (χ0) is 16.7. The standard InChI is InChI=1S/C15H20N4O4/c20-14-7-6-13(19(22)23)8-11(14)9-17-18-15(21)10-16-12-4-2-1-3-5-12/h6-9,12,16,20H,1-5,10H2,(H,18,21)/b17-9-.